The largest absolute Gasteiger partial charge is 0.326 e. The maximum Gasteiger partial charge on any atom is 0.231 e. The van der Waals surface area contributed by atoms with Gasteiger partial charge in [-0.15, -0.1) is 0 Å². The molecule has 0 atom stereocenters. The Morgan fingerprint density at radius 2 is 1.72 bits per heavy atom. The van der Waals surface area contributed by atoms with Gasteiger partial charge >= 0.3 is 0 Å². The fraction of sp³-hybridized carbons (Fsp3) is 0.429. The van der Waals surface area contributed by atoms with Gasteiger partial charge in [0.2, 0.25) is 5.91 Å². The van der Waals surface area contributed by atoms with Crippen LogP contribution in [0.15, 0.2) is 24.3 Å². The van der Waals surface area contributed by atoms with Gasteiger partial charge in [0.15, 0.2) is 5.78 Å². The summed E-state index contributed by atoms with van der Waals surface area (Å²) in [7, 11) is 0. The molecule has 0 aliphatic rings. The van der Waals surface area contributed by atoms with Crippen molar-refractivity contribution in [3.63, 3.8) is 0 Å². The number of carbonyl (C=O) groups excluding carboxylic acids is 2. The van der Waals surface area contributed by atoms with Crippen LogP contribution in [0.2, 0.25) is 0 Å². The Labute approximate surface area is 116 Å². The zero-order valence-corrected chi connectivity index (χ0v) is 12.5. The van der Waals surface area contributed by atoms with Crippen molar-refractivity contribution in [2.24, 2.45) is 0 Å². The molecule has 0 fully saturated rings. The number of halogens is 1. The summed E-state index contributed by atoms with van der Waals surface area (Å²) in [6.07, 6.45) is -0.0910. The number of carbonyl (C=O) groups is 2. The molecule has 98 valence electrons. The number of hydrogen-bond acceptors (Lipinski definition) is 2. The third-order valence-corrected chi connectivity index (χ3v) is 3.17. The number of ketones is 1. The summed E-state index contributed by atoms with van der Waals surface area (Å²) >= 11 is 3.03. The van der Waals surface area contributed by atoms with Gasteiger partial charge in [-0.3, -0.25) is 9.59 Å². The van der Waals surface area contributed by atoms with E-state index in [0.29, 0.717) is 0 Å². The molecule has 3 nitrogen and oxygen atoms in total. The first-order valence-corrected chi connectivity index (χ1v) is 6.93. The van der Waals surface area contributed by atoms with E-state index >= 15 is 0 Å². The molecule has 0 saturated carbocycles. The van der Waals surface area contributed by atoms with E-state index in [2.05, 4.69) is 42.0 Å². The van der Waals surface area contributed by atoms with E-state index in [1.165, 1.54) is 5.56 Å². The number of nitrogens with one attached hydrogen (secondary N) is 1. The van der Waals surface area contributed by atoms with E-state index in [1.54, 1.807) is 0 Å². The molecule has 0 radical (unpaired) electrons. The summed E-state index contributed by atoms with van der Waals surface area (Å²) in [6, 6.07) is 7.69. The molecule has 0 aliphatic carbocycles. The molecule has 0 bridgehead atoms. The molecule has 1 aromatic carbocycles. The van der Waals surface area contributed by atoms with Crippen molar-refractivity contribution < 1.29 is 9.59 Å². The summed E-state index contributed by atoms with van der Waals surface area (Å²) in [5.74, 6) is -0.401. The first-order chi connectivity index (χ1) is 8.32. The average molecular weight is 312 g/mol. The molecular weight excluding hydrogens is 294 g/mol. The van der Waals surface area contributed by atoms with Crippen LogP contribution in [-0.2, 0) is 15.0 Å². The van der Waals surface area contributed by atoms with Gasteiger partial charge in [-0.05, 0) is 23.1 Å². The van der Waals surface area contributed by atoms with E-state index in [9.17, 15) is 9.59 Å². The lowest BCUT2D eigenvalue weighted by molar-refractivity contribution is -0.123. The van der Waals surface area contributed by atoms with Crippen LogP contribution in [0, 0.1) is 0 Å². The lowest BCUT2D eigenvalue weighted by atomic mass is 9.87. The molecule has 0 spiro atoms. The van der Waals surface area contributed by atoms with Gasteiger partial charge in [0.25, 0.3) is 0 Å². The number of alkyl halides is 1. The summed E-state index contributed by atoms with van der Waals surface area (Å²) in [5, 5.41) is 2.92. The molecule has 0 saturated heterocycles. The van der Waals surface area contributed by atoms with Gasteiger partial charge in [-0.1, -0.05) is 48.8 Å². The molecular formula is C14H18BrNO2. The molecule has 1 rings (SSSR count). The predicted molar refractivity (Wildman–Crippen MR) is 77.2 cm³/mol. The maximum atomic E-state index is 11.5. The maximum absolute atomic E-state index is 11.5. The Hall–Kier alpha value is -1.16. The van der Waals surface area contributed by atoms with Gasteiger partial charge in [-0.2, -0.15) is 0 Å². The molecule has 1 N–H and O–H groups in total. The minimum atomic E-state index is -0.275. The summed E-state index contributed by atoms with van der Waals surface area (Å²) in [4.78, 5) is 22.6. The number of Topliss-reactive ketones (excluding diaryl/α,β-unsaturated/α-hetero) is 1. The average Bonchev–Trinajstić information content (AvgIpc) is 2.28. The van der Waals surface area contributed by atoms with Crippen LogP contribution in [0.1, 0.15) is 32.8 Å². The molecule has 0 aliphatic heterocycles. The van der Waals surface area contributed by atoms with E-state index in [-0.39, 0.29) is 28.9 Å². The minimum Gasteiger partial charge on any atom is -0.326 e. The fourth-order valence-corrected chi connectivity index (χ4v) is 1.68. The van der Waals surface area contributed by atoms with Gasteiger partial charge in [0.1, 0.15) is 0 Å². The fourth-order valence-electron chi connectivity index (χ4n) is 1.49. The zero-order chi connectivity index (χ0) is 13.8. The van der Waals surface area contributed by atoms with Crippen molar-refractivity contribution in [2.45, 2.75) is 32.6 Å². The topological polar surface area (TPSA) is 46.2 Å². The first kappa shape index (κ1) is 14.9. The van der Waals surface area contributed by atoms with Crippen molar-refractivity contribution in [2.75, 3.05) is 10.6 Å². The molecule has 18 heavy (non-hydrogen) atoms. The van der Waals surface area contributed by atoms with E-state index in [4.69, 9.17) is 0 Å². The Morgan fingerprint density at radius 1 is 1.17 bits per heavy atom. The predicted octanol–water partition coefficient (Wildman–Crippen LogP) is 3.28. The number of benzene rings is 1. The highest BCUT2D eigenvalue weighted by Crippen LogP contribution is 2.23. The van der Waals surface area contributed by atoms with Crippen molar-refractivity contribution >= 4 is 33.3 Å². The van der Waals surface area contributed by atoms with Gasteiger partial charge in [0.05, 0.1) is 11.8 Å². The van der Waals surface area contributed by atoms with Crippen LogP contribution < -0.4 is 5.32 Å². The second kappa shape index (κ2) is 6.14. The number of rotatable bonds is 4. The van der Waals surface area contributed by atoms with Crippen LogP contribution in [0.25, 0.3) is 0 Å². The lowest BCUT2D eigenvalue weighted by Crippen LogP contribution is -2.17. The van der Waals surface area contributed by atoms with E-state index < -0.39 is 0 Å². The van der Waals surface area contributed by atoms with Gasteiger partial charge < -0.3 is 5.32 Å². The lowest BCUT2D eigenvalue weighted by Gasteiger charge is -2.19. The Bertz CT molecular complexity index is 432. The first-order valence-electron chi connectivity index (χ1n) is 5.81. The van der Waals surface area contributed by atoms with Crippen molar-refractivity contribution in [1.82, 2.24) is 0 Å². The zero-order valence-electron chi connectivity index (χ0n) is 10.9. The quantitative estimate of drug-likeness (QED) is 0.685. The molecule has 0 unspecified atom stereocenters. The number of anilines is 1. The Kier molecular flexibility index (Phi) is 5.08. The molecule has 0 aromatic heterocycles. The highest BCUT2D eigenvalue weighted by atomic mass is 79.9. The highest BCUT2D eigenvalue weighted by Gasteiger charge is 2.13. The molecule has 1 amide bonds. The van der Waals surface area contributed by atoms with E-state index in [1.807, 2.05) is 24.3 Å². The van der Waals surface area contributed by atoms with Crippen LogP contribution in [0.4, 0.5) is 5.69 Å². The number of hydrogen-bond donors (Lipinski definition) is 1. The summed E-state index contributed by atoms with van der Waals surface area (Å²) < 4.78 is 0. The SMILES string of the molecule is CC(C)(C)c1ccc(NC(=O)CC(=O)CBr)cc1. The number of amides is 1. The second-order valence-electron chi connectivity index (χ2n) is 5.22. The standard InChI is InChI=1S/C14H18BrNO2/c1-14(2,3)10-4-6-11(7-5-10)16-13(18)8-12(17)9-15/h4-7H,8-9H2,1-3H3,(H,16,18). The monoisotopic (exact) mass is 311 g/mol. The third-order valence-electron chi connectivity index (χ3n) is 2.54. The molecule has 4 heteroatoms. The van der Waals surface area contributed by atoms with Crippen LogP contribution in [0.5, 0.6) is 0 Å². The van der Waals surface area contributed by atoms with Gasteiger partial charge in [0, 0.05) is 5.69 Å². The smallest absolute Gasteiger partial charge is 0.231 e. The summed E-state index contributed by atoms with van der Waals surface area (Å²) in [5.41, 5.74) is 2.02. The Balaban J connectivity index is 2.64. The minimum absolute atomic E-state index is 0.0910. The highest BCUT2D eigenvalue weighted by molar-refractivity contribution is 9.09. The van der Waals surface area contributed by atoms with Crippen LogP contribution >= 0.6 is 15.9 Å². The molecule has 0 heterocycles. The van der Waals surface area contributed by atoms with Crippen molar-refractivity contribution in [3.05, 3.63) is 29.8 Å². The van der Waals surface area contributed by atoms with Crippen molar-refractivity contribution in [3.8, 4) is 0 Å². The van der Waals surface area contributed by atoms with Crippen LogP contribution in [-0.4, -0.2) is 17.0 Å². The van der Waals surface area contributed by atoms with Crippen molar-refractivity contribution in [1.29, 1.82) is 0 Å². The van der Waals surface area contributed by atoms with Crippen LogP contribution in [0.3, 0.4) is 0 Å². The second-order valence-corrected chi connectivity index (χ2v) is 5.79. The van der Waals surface area contributed by atoms with Gasteiger partial charge in [-0.25, -0.2) is 0 Å². The molecule has 1 aromatic rings. The summed E-state index contributed by atoms with van der Waals surface area (Å²) in [6.45, 7) is 6.40. The Morgan fingerprint density at radius 3 is 2.17 bits per heavy atom. The normalized spacial score (nSPS) is 11.1. The third kappa shape index (κ3) is 4.61. The van der Waals surface area contributed by atoms with E-state index in [0.717, 1.165) is 5.69 Å².